The van der Waals surface area contributed by atoms with E-state index in [1.54, 1.807) is 12.1 Å². The monoisotopic (exact) mass is 322 g/mol. The summed E-state index contributed by atoms with van der Waals surface area (Å²) in [5.74, 6) is 0.727. The van der Waals surface area contributed by atoms with Crippen LogP contribution in [-0.2, 0) is 4.79 Å². The molecule has 0 aromatic carbocycles. The number of rotatable bonds is 2. The molecule has 22 heavy (non-hydrogen) atoms. The maximum atomic E-state index is 12.7. The second kappa shape index (κ2) is 4.75. The molecule has 0 saturated heterocycles. The van der Waals surface area contributed by atoms with Gasteiger partial charge in [-0.2, -0.15) is 0 Å². The largest absolute Gasteiger partial charge is 0.459 e. The Balaban J connectivity index is 1.45. The highest BCUT2D eigenvalue weighted by Gasteiger charge is 2.60. The molecule has 4 aliphatic carbocycles. The number of carbonyl (C=O) groups excluding carboxylic acids is 2. The van der Waals surface area contributed by atoms with Gasteiger partial charge >= 0.3 is 5.91 Å². The van der Waals surface area contributed by atoms with Crippen molar-refractivity contribution in [1.82, 2.24) is 10.9 Å². The van der Waals surface area contributed by atoms with Gasteiger partial charge in [-0.05, 0) is 62.5 Å². The first-order chi connectivity index (χ1) is 10.5. The maximum Gasteiger partial charge on any atom is 0.305 e. The van der Waals surface area contributed by atoms with Crippen molar-refractivity contribution in [2.45, 2.75) is 43.4 Å². The van der Waals surface area contributed by atoms with Crippen molar-refractivity contribution in [2.75, 3.05) is 0 Å². The molecule has 0 aliphatic heterocycles. The van der Waals surface area contributed by atoms with Gasteiger partial charge in [0.15, 0.2) is 5.76 Å². The number of carbonyl (C=O) groups is 2. The topological polar surface area (TPSA) is 71.3 Å². The van der Waals surface area contributed by atoms with E-state index in [1.165, 1.54) is 12.7 Å². The molecule has 118 valence electrons. The van der Waals surface area contributed by atoms with Gasteiger partial charge < -0.3 is 4.42 Å². The van der Waals surface area contributed by atoms with E-state index in [0.717, 1.165) is 32.1 Å². The molecule has 6 heteroatoms. The molecule has 1 heterocycles. The van der Waals surface area contributed by atoms with Crippen molar-refractivity contribution in [1.29, 1.82) is 0 Å². The summed E-state index contributed by atoms with van der Waals surface area (Å²) in [5.41, 5.74) is 4.62. The predicted octanol–water partition coefficient (Wildman–Crippen LogP) is 2.62. The summed E-state index contributed by atoms with van der Waals surface area (Å²) in [5, 5.41) is 0. The molecular formula is C16H19ClN2O3. The lowest BCUT2D eigenvalue weighted by molar-refractivity contribution is -0.145. The van der Waals surface area contributed by atoms with Crippen molar-refractivity contribution in [3.05, 3.63) is 24.2 Å². The van der Waals surface area contributed by atoms with Gasteiger partial charge in [-0.3, -0.25) is 20.4 Å². The number of hydrogen-bond acceptors (Lipinski definition) is 3. The van der Waals surface area contributed by atoms with Gasteiger partial charge in [0.1, 0.15) is 0 Å². The molecule has 2 N–H and O–H groups in total. The molecule has 0 spiro atoms. The Bertz CT molecular complexity index is 599. The van der Waals surface area contributed by atoms with Crippen LogP contribution in [0.2, 0.25) is 0 Å². The second-order valence-electron chi connectivity index (χ2n) is 7.28. The fraction of sp³-hybridized carbons (Fsp3) is 0.625. The van der Waals surface area contributed by atoms with Crippen LogP contribution in [0.25, 0.3) is 0 Å². The van der Waals surface area contributed by atoms with Gasteiger partial charge in [-0.15, -0.1) is 11.6 Å². The fourth-order valence-electron chi connectivity index (χ4n) is 5.13. The lowest BCUT2D eigenvalue weighted by atomic mass is 9.49. The van der Waals surface area contributed by atoms with Crippen LogP contribution < -0.4 is 10.9 Å². The minimum atomic E-state index is -0.441. The molecule has 1 aromatic rings. The number of amides is 2. The van der Waals surface area contributed by atoms with Crippen molar-refractivity contribution in [3.8, 4) is 0 Å². The minimum absolute atomic E-state index is 0.105. The molecule has 4 bridgehead atoms. The third-order valence-electron chi connectivity index (χ3n) is 5.51. The molecular weight excluding hydrogens is 304 g/mol. The Labute approximate surface area is 133 Å². The number of alkyl halides is 1. The number of hydrazine groups is 1. The van der Waals surface area contributed by atoms with E-state index in [1.807, 2.05) is 0 Å². The van der Waals surface area contributed by atoms with Crippen LogP contribution in [-0.4, -0.2) is 16.7 Å². The zero-order valence-corrected chi connectivity index (χ0v) is 13.0. The molecule has 1 aromatic heterocycles. The quantitative estimate of drug-likeness (QED) is 0.649. The SMILES string of the molecule is O=C(NNC(=O)C12C[C@H]3C[C@@H](CC(Cl)(C3)C1)C2)c1ccco1. The number of nitrogens with one attached hydrogen (secondary N) is 2. The average molecular weight is 323 g/mol. The Kier molecular flexibility index (Phi) is 3.05. The molecule has 5 rings (SSSR count). The average Bonchev–Trinajstić information content (AvgIpc) is 2.95. The highest BCUT2D eigenvalue weighted by Crippen LogP contribution is 2.63. The van der Waals surface area contributed by atoms with Gasteiger partial charge in [0.2, 0.25) is 5.91 Å². The summed E-state index contributed by atoms with van der Waals surface area (Å²) in [4.78, 5) is 24.3. The van der Waals surface area contributed by atoms with Crippen molar-refractivity contribution >= 4 is 23.4 Å². The highest BCUT2D eigenvalue weighted by atomic mass is 35.5. The second-order valence-corrected chi connectivity index (χ2v) is 8.08. The van der Waals surface area contributed by atoms with E-state index < -0.39 is 11.3 Å². The fourth-order valence-corrected chi connectivity index (χ4v) is 5.82. The van der Waals surface area contributed by atoms with Gasteiger partial charge in [0.05, 0.1) is 11.7 Å². The molecule has 2 amide bonds. The van der Waals surface area contributed by atoms with Crippen LogP contribution in [0.15, 0.2) is 22.8 Å². The predicted molar refractivity (Wildman–Crippen MR) is 80.0 cm³/mol. The van der Waals surface area contributed by atoms with E-state index in [9.17, 15) is 9.59 Å². The van der Waals surface area contributed by atoms with Crippen molar-refractivity contribution in [3.63, 3.8) is 0 Å². The summed E-state index contributed by atoms with van der Waals surface area (Å²) in [6.45, 7) is 0. The van der Waals surface area contributed by atoms with E-state index in [2.05, 4.69) is 10.9 Å². The normalized spacial score (nSPS) is 38.8. The van der Waals surface area contributed by atoms with E-state index in [0.29, 0.717) is 11.8 Å². The highest BCUT2D eigenvalue weighted by molar-refractivity contribution is 6.24. The smallest absolute Gasteiger partial charge is 0.305 e. The van der Waals surface area contributed by atoms with Crippen molar-refractivity contribution in [2.24, 2.45) is 17.3 Å². The van der Waals surface area contributed by atoms with Crippen LogP contribution in [0.1, 0.15) is 49.1 Å². The standard InChI is InChI=1S/C16H19ClN2O3/c17-16-7-10-4-11(8-16)6-15(5-10,9-16)14(21)19-18-13(20)12-2-1-3-22-12/h1-3,10-11H,4-9H2,(H,18,20)(H,19,21)/t10-,11-,15?,16?/m1/s1. The zero-order chi connectivity index (χ0) is 15.4. The summed E-state index contributed by atoms with van der Waals surface area (Å²) >= 11 is 6.73. The molecule has 0 radical (unpaired) electrons. The van der Waals surface area contributed by atoms with E-state index >= 15 is 0 Å². The lowest BCUT2D eigenvalue weighted by Gasteiger charge is -2.59. The number of furan rings is 1. The Hall–Kier alpha value is -1.49. The van der Waals surface area contributed by atoms with Gasteiger partial charge in [-0.1, -0.05) is 0 Å². The Morgan fingerprint density at radius 2 is 1.91 bits per heavy atom. The number of hydrogen-bond donors (Lipinski definition) is 2. The summed E-state index contributed by atoms with van der Waals surface area (Å²) in [6, 6.07) is 3.19. The molecule has 4 aliphatic rings. The molecule has 0 unspecified atom stereocenters. The summed E-state index contributed by atoms with van der Waals surface area (Å²) in [7, 11) is 0. The van der Waals surface area contributed by atoms with E-state index in [4.69, 9.17) is 16.0 Å². The minimum Gasteiger partial charge on any atom is -0.459 e. The van der Waals surface area contributed by atoms with Crippen LogP contribution in [0.4, 0.5) is 0 Å². The first-order valence-electron chi connectivity index (χ1n) is 7.81. The first kappa shape index (κ1) is 14.1. The van der Waals surface area contributed by atoms with E-state index in [-0.39, 0.29) is 16.5 Å². The third-order valence-corrected chi connectivity index (χ3v) is 5.95. The van der Waals surface area contributed by atoms with Crippen LogP contribution in [0, 0.1) is 17.3 Å². The van der Waals surface area contributed by atoms with Crippen LogP contribution in [0.5, 0.6) is 0 Å². The van der Waals surface area contributed by atoms with Gasteiger partial charge in [0, 0.05) is 4.87 Å². The molecule has 2 atom stereocenters. The van der Waals surface area contributed by atoms with Crippen LogP contribution >= 0.6 is 11.6 Å². The third kappa shape index (κ3) is 2.22. The molecule has 4 fully saturated rings. The Morgan fingerprint density at radius 1 is 1.18 bits per heavy atom. The van der Waals surface area contributed by atoms with Crippen molar-refractivity contribution < 1.29 is 14.0 Å². The molecule has 4 saturated carbocycles. The van der Waals surface area contributed by atoms with Gasteiger partial charge in [-0.25, -0.2) is 0 Å². The summed E-state index contributed by atoms with van der Waals surface area (Å²) in [6.07, 6.45) is 7.17. The molecule has 5 nitrogen and oxygen atoms in total. The number of halogens is 1. The Morgan fingerprint density at radius 3 is 2.50 bits per heavy atom. The zero-order valence-electron chi connectivity index (χ0n) is 12.2. The first-order valence-corrected chi connectivity index (χ1v) is 8.19. The summed E-state index contributed by atoms with van der Waals surface area (Å²) < 4.78 is 5.01. The lowest BCUT2D eigenvalue weighted by Crippen LogP contribution is -2.60. The van der Waals surface area contributed by atoms with Gasteiger partial charge in [0.25, 0.3) is 0 Å². The van der Waals surface area contributed by atoms with Crippen LogP contribution in [0.3, 0.4) is 0 Å². The maximum absolute atomic E-state index is 12.7.